The van der Waals surface area contributed by atoms with E-state index in [9.17, 15) is 13.2 Å². The molecule has 2 aromatic heterocycles. The van der Waals surface area contributed by atoms with Crippen molar-refractivity contribution >= 4 is 61.4 Å². The van der Waals surface area contributed by atoms with E-state index < -0.39 is 15.9 Å². The van der Waals surface area contributed by atoms with Crippen LogP contribution in [0.3, 0.4) is 0 Å². The second kappa shape index (κ2) is 6.66. The van der Waals surface area contributed by atoms with E-state index in [0.717, 1.165) is 16.7 Å². The van der Waals surface area contributed by atoms with E-state index in [1.54, 1.807) is 18.2 Å². The molecule has 0 radical (unpaired) electrons. The van der Waals surface area contributed by atoms with Gasteiger partial charge in [-0.15, -0.1) is 16.2 Å². The highest BCUT2D eigenvalue weighted by atomic mass is 35.5. The van der Waals surface area contributed by atoms with Crippen LogP contribution in [0.2, 0.25) is 8.67 Å². The normalized spacial score (nSPS) is 11.6. The van der Waals surface area contributed by atoms with Gasteiger partial charge in [-0.3, -0.25) is 10.2 Å². The molecule has 2 heterocycles. The summed E-state index contributed by atoms with van der Waals surface area (Å²) in [5.41, 5.74) is 2.80. The third-order valence-corrected chi connectivity index (χ3v) is 6.05. The molecule has 3 aromatic rings. The fraction of sp³-hybridized carbons (Fsp3) is 0. The number of hydrogen-bond donors (Lipinski definition) is 2. The molecule has 1 amide bonds. The molecule has 0 spiro atoms. The Bertz CT molecular complexity index is 1030. The number of benzene rings is 1. The molecule has 0 fully saturated rings. The Morgan fingerprint density at radius 2 is 1.88 bits per heavy atom. The summed E-state index contributed by atoms with van der Waals surface area (Å²) in [6.45, 7) is 0. The van der Waals surface area contributed by atoms with E-state index in [4.69, 9.17) is 23.2 Å². The molecule has 2 N–H and O–H groups in total. The average molecular weight is 402 g/mol. The number of carbonyl (C=O) groups is 1. The first-order valence-electron chi connectivity index (χ1n) is 6.49. The number of nitrogens with one attached hydrogen (secondary N) is 2. The molecular formula is C14H9Cl2N3O3S2. The lowest BCUT2D eigenvalue weighted by atomic mass is 10.2. The van der Waals surface area contributed by atoms with E-state index in [1.807, 2.05) is 17.0 Å². The molecule has 24 heavy (non-hydrogen) atoms. The molecule has 3 rings (SSSR count). The van der Waals surface area contributed by atoms with Crippen molar-refractivity contribution in [1.29, 1.82) is 0 Å². The lowest BCUT2D eigenvalue weighted by Crippen LogP contribution is -2.41. The van der Waals surface area contributed by atoms with Crippen LogP contribution in [-0.4, -0.2) is 19.3 Å². The third kappa shape index (κ3) is 3.52. The summed E-state index contributed by atoms with van der Waals surface area (Å²) in [7, 11) is -4.03. The maximum Gasteiger partial charge on any atom is 0.284 e. The van der Waals surface area contributed by atoms with Crippen molar-refractivity contribution < 1.29 is 13.2 Å². The van der Waals surface area contributed by atoms with E-state index in [2.05, 4.69) is 10.4 Å². The molecule has 10 heteroatoms. The minimum atomic E-state index is -4.03. The zero-order valence-corrected chi connectivity index (χ0v) is 14.9. The van der Waals surface area contributed by atoms with E-state index in [0.29, 0.717) is 5.52 Å². The molecule has 124 valence electrons. The number of thiophene rings is 1. The van der Waals surface area contributed by atoms with Crippen molar-refractivity contribution in [2.75, 3.05) is 0 Å². The summed E-state index contributed by atoms with van der Waals surface area (Å²) in [5, 5.41) is 0.870. The molecule has 0 aliphatic rings. The zero-order valence-electron chi connectivity index (χ0n) is 11.8. The van der Waals surface area contributed by atoms with E-state index in [1.165, 1.54) is 12.1 Å². The highest BCUT2D eigenvalue weighted by Crippen LogP contribution is 2.33. The Labute approximate surface area is 151 Å². The van der Waals surface area contributed by atoms with Gasteiger partial charge in [0.15, 0.2) is 0 Å². The number of sulfonamides is 1. The van der Waals surface area contributed by atoms with Crippen LogP contribution in [0.25, 0.3) is 10.9 Å². The van der Waals surface area contributed by atoms with Crippen molar-refractivity contribution in [3.63, 3.8) is 0 Å². The number of rotatable bonds is 4. The number of nitrogens with zero attached hydrogens (tertiary/aromatic N) is 1. The zero-order chi connectivity index (χ0) is 17.3. The molecule has 0 saturated heterocycles. The van der Waals surface area contributed by atoms with Gasteiger partial charge in [0.05, 0.1) is 9.85 Å². The Morgan fingerprint density at radius 3 is 2.58 bits per heavy atom. The van der Waals surface area contributed by atoms with E-state index >= 15 is 0 Å². The van der Waals surface area contributed by atoms with Crippen LogP contribution in [-0.2, 0) is 10.0 Å². The van der Waals surface area contributed by atoms with Gasteiger partial charge in [-0.05, 0) is 18.2 Å². The lowest BCUT2D eigenvalue weighted by molar-refractivity contribution is 0.0940. The fourth-order valence-electron chi connectivity index (χ4n) is 1.93. The molecule has 1 aromatic carbocycles. The van der Waals surface area contributed by atoms with Crippen molar-refractivity contribution in [3.8, 4) is 0 Å². The predicted molar refractivity (Wildman–Crippen MR) is 93.9 cm³/mol. The lowest BCUT2D eigenvalue weighted by Gasteiger charge is -2.07. The molecule has 0 unspecified atom stereocenters. The number of pyridine rings is 1. The van der Waals surface area contributed by atoms with Crippen LogP contribution < -0.4 is 10.3 Å². The van der Waals surface area contributed by atoms with Gasteiger partial charge in [-0.1, -0.05) is 47.5 Å². The van der Waals surface area contributed by atoms with Gasteiger partial charge >= 0.3 is 0 Å². The number of carbonyl (C=O) groups excluding carboxylic acids is 1. The topological polar surface area (TPSA) is 88.2 Å². The van der Waals surface area contributed by atoms with Crippen molar-refractivity contribution in [3.05, 3.63) is 56.8 Å². The molecule has 0 saturated carbocycles. The predicted octanol–water partition coefficient (Wildman–Crippen LogP) is 3.23. The fourth-order valence-corrected chi connectivity index (χ4v) is 4.92. The number of halogens is 2. The smallest absolute Gasteiger partial charge is 0.272 e. The maximum atomic E-state index is 12.1. The van der Waals surface area contributed by atoms with Crippen LogP contribution in [0.5, 0.6) is 0 Å². The van der Waals surface area contributed by atoms with Crippen LogP contribution in [0.4, 0.5) is 0 Å². The first-order chi connectivity index (χ1) is 11.4. The summed E-state index contributed by atoms with van der Waals surface area (Å²) >= 11 is 12.5. The first-order valence-corrected chi connectivity index (χ1v) is 9.55. The summed E-state index contributed by atoms with van der Waals surface area (Å²) in [6.07, 6.45) is 0. The van der Waals surface area contributed by atoms with Crippen LogP contribution in [0.1, 0.15) is 10.5 Å². The number of aromatic nitrogens is 1. The average Bonchev–Trinajstić information content (AvgIpc) is 2.91. The van der Waals surface area contributed by atoms with Crippen LogP contribution >= 0.6 is 34.5 Å². The van der Waals surface area contributed by atoms with Crippen LogP contribution in [0.15, 0.2) is 47.4 Å². The van der Waals surface area contributed by atoms with Gasteiger partial charge in [0.25, 0.3) is 15.9 Å². The quantitative estimate of drug-likeness (QED) is 0.656. The second-order valence-corrected chi connectivity index (χ2v) is 8.57. The number of hydrogen-bond acceptors (Lipinski definition) is 5. The van der Waals surface area contributed by atoms with Gasteiger partial charge in [-0.2, -0.15) is 0 Å². The second-order valence-electron chi connectivity index (χ2n) is 4.64. The number of para-hydroxylation sites is 1. The summed E-state index contributed by atoms with van der Waals surface area (Å²) < 4.78 is 24.5. The maximum absolute atomic E-state index is 12.1. The molecule has 0 aliphatic carbocycles. The monoisotopic (exact) mass is 401 g/mol. The minimum Gasteiger partial charge on any atom is -0.272 e. The molecular weight excluding hydrogens is 393 g/mol. The van der Waals surface area contributed by atoms with Gasteiger partial charge in [0, 0.05) is 5.39 Å². The summed E-state index contributed by atoms with van der Waals surface area (Å²) in [6, 6.07) is 11.7. The SMILES string of the molecule is O=C(NNS(=O)(=O)c1cc(Cl)sc1Cl)c1ccc2ccccc2n1. The van der Waals surface area contributed by atoms with Gasteiger partial charge in [0.2, 0.25) is 0 Å². The third-order valence-electron chi connectivity index (χ3n) is 3.04. The number of fused-ring (bicyclic) bond motifs is 1. The molecule has 0 atom stereocenters. The highest BCUT2D eigenvalue weighted by Gasteiger charge is 2.22. The Morgan fingerprint density at radius 1 is 1.12 bits per heavy atom. The molecule has 0 aliphatic heterocycles. The van der Waals surface area contributed by atoms with Gasteiger partial charge in [-0.25, -0.2) is 13.4 Å². The van der Waals surface area contributed by atoms with E-state index in [-0.39, 0.29) is 19.3 Å². The Kier molecular flexibility index (Phi) is 4.75. The molecule has 6 nitrogen and oxygen atoms in total. The Balaban J connectivity index is 1.78. The van der Waals surface area contributed by atoms with Crippen molar-refractivity contribution in [1.82, 2.24) is 15.2 Å². The largest absolute Gasteiger partial charge is 0.284 e. The number of amides is 1. The van der Waals surface area contributed by atoms with Crippen molar-refractivity contribution in [2.24, 2.45) is 0 Å². The first kappa shape index (κ1) is 17.1. The van der Waals surface area contributed by atoms with Crippen LogP contribution in [0, 0.1) is 0 Å². The minimum absolute atomic E-state index is 0.00517. The highest BCUT2D eigenvalue weighted by molar-refractivity contribution is 7.89. The van der Waals surface area contributed by atoms with Gasteiger partial charge < -0.3 is 0 Å². The summed E-state index contributed by atoms with van der Waals surface area (Å²) in [5.74, 6) is -0.693. The summed E-state index contributed by atoms with van der Waals surface area (Å²) in [4.78, 5) is 18.0. The molecule has 0 bridgehead atoms. The van der Waals surface area contributed by atoms with Crippen molar-refractivity contribution in [2.45, 2.75) is 4.90 Å². The standard InChI is InChI=1S/C14H9Cl2N3O3S2/c15-12-7-11(13(16)23-12)24(21,22)19-18-14(20)10-6-5-8-3-1-2-4-9(8)17-10/h1-7,19H,(H,18,20). The number of hydrazine groups is 1. The Hall–Kier alpha value is -1.71. The van der Waals surface area contributed by atoms with Gasteiger partial charge in [0.1, 0.15) is 14.9 Å².